The number of phosphoric acid groups is 3. The molecule has 0 amide bonds. The molecule has 0 radical (unpaired) electrons. The van der Waals surface area contributed by atoms with Gasteiger partial charge in [-0.2, -0.15) is 8.62 Å². The van der Waals surface area contributed by atoms with Crippen molar-refractivity contribution in [1.82, 2.24) is 0 Å². The van der Waals surface area contributed by atoms with E-state index in [0.717, 1.165) is 0 Å². The van der Waals surface area contributed by atoms with Gasteiger partial charge in [-0.3, -0.25) is 0 Å². The van der Waals surface area contributed by atoms with E-state index in [4.69, 9.17) is 39.8 Å². The van der Waals surface area contributed by atoms with Crippen molar-refractivity contribution in [3.63, 3.8) is 0 Å². The molecule has 0 aliphatic heterocycles. The van der Waals surface area contributed by atoms with Crippen molar-refractivity contribution in [3.8, 4) is 17.2 Å². The van der Waals surface area contributed by atoms with Crippen LogP contribution in [0, 0.1) is 0 Å². The molecule has 0 atom stereocenters. The van der Waals surface area contributed by atoms with Crippen LogP contribution in [0.5, 0.6) is 17.2 Å². The average molecular weight is 540 g/mol. The van der Waals surface area contributed by atoms with Gasteiger partial charge in [-0.15, -0.1) is 0 Å². The maximum atomic E-state index is 10.4. The lowest BCUT2D eigenvalue weighted by Crippen LogP contribution is -1.91. The molecule has 8 N–H and O–H groups in total. The van der Waals surface area contributed by atoms with Crippen molar-refractivity contribution >= 4 is 23.5 Å². The minimum absolute atomic E-state index is 0.322. The van der Waals surface area contributed by atoms with Crippen LogP contribution in [0.4, 0.5) is 0 Å². The van der Waals surface area contributed by atoms with Crippen LogP contribution in [0.1, 0.15) is 0 Å². The molecular weight excluding hydrogens is 517 g/mol. The predicted molar refractivity (Wildman–Crippen MR) is 120 cm³/mol. The fourth-order valence-corrected chi connectivity index (χ4v) is 4.11. The van der Waals surface area contributed by atoms with Gasteiger partial charge in [-0.1, -0.05) is 54.6 Å². The molecule has 0 aromatic heterocycles. The monoisotopic (exact) mass is 540 g/mol. The summed E-state index contributed by atoms with van der Waals surface area (Å²) in [5.41, 5.74) is 0. The maximum Gasteiger partial charge on any atom is 0.490 e. The first-order valence-corrected chi connectivity index (χ1v) is 13.2. The lowest BCUT2D eigenvalue weighted by molar-refractivity contribution is 0.204. The quantitative estimate of drug-likeness (QED) is 0.222. The van der Waals surface area contributed by atoms with E-state index in [1.54, 1.807) is 72.8 Å². The van der Waals surface area contributed by atoms with E-state index in [1.807, 2.05) is 18.2 Å². The van der Waals surface area contributed by atoms with Crippen molar-refractivity contribution < 1.29 is 62.1 Å². The van der Waals surface area contributed by atoms with Gasteiger partial charge >= 0.3 is 23.5 Å². The van der Waals surface area contributed by atoms with Crippen molar-refractivity contribution in [1.29, 1.82) is 0 Å². The SMILES string of the molecule is O=P(O)(O)OP(=O)(O)OP(=O)(O)O.Oc1ccccc1.Oc1ccccc1.Oc1ccccc1. The summed E-state index contributed by atoms with van der Waals surface area (Å²) in [4.78, 5) is 40.2. The van der Waals surface area contributed by atoms with Gasteiger partial charge in [0.25, 0.3) is 0 Å². The predicted octanol–water partition coefficient (Wildman–Crippen LogP) is 3.48. The Labute approximate surface area is 194 Å². The lowest BCUT2D eigenvalue weighted by Gasteiger charge is -2.11. The number of phenols is 3. The molecule has 13 nitrogen and oxygen atoms in total. The number of aromatic hydroxyl groups is 3. The highest BCUT2D eigenvalue weighted by Gasteiger charge is 2.38. The third-order valence-corrected chi connectivity index (χ3v) is 6.04. The van der Waals surface area contributed by atoms with Crippen molar-refractivity contribution in [2.45, 2.75) is 0 Å². The van der Waals surface area contributed by atoms with E-state index in [9.17, 15) is 13.7 Å². The fraction of sp³-hybridized carbons (Fsp3) is 0. The molecule has 0 unspecified atom stereocenters. The Morgan fingerprint density at radius 1 is 0.441 bits per heavy atom. The van der Waals surface area contributed by atoms with Gasteiger partial charge in [0.05, 0.1) is 0 Å². The van der Waals surface area contributed by atoms with E-state index in [-0.39, 0.29) is 0 Å². The highest BCUT2D eigenvalue weighted by atomic mass is 31.3. The molecule has 0 aliphatic rings. The Morgan fingerprint density at radius 3 is 0.765 bits per heavy atom. The van der Waals surface area contributed by atoms with Crippen LogP contribution in [-0.2, 0) is 22.3 Å². The Kier molecular flexibility index (Phi) is 14.2. The van der Waals surface area contributed by atoms with Crippen molar-refractivity contribution in [2.24, 2.45) is 0 Å². The number of para-hydroxylation sites is 3. The molecule has 0 aliphatic carbocycles. The summed E-state index contributed by atoms with van der Waals surface area (Å²) >= 11 is 0. The zero-order valence-electron chi connectivity index (χ0n) is 17.1. The van der Waals surface area contributed by atoms with Gasteiger partial charge in [0.2, 0.25) is 0 Å². The molecule has 0 saturated heterocycles. The van der Waals surface area contributed by atoms with Crippen molar-refractivity contribution in [3.05, 3.63) is 91.0 Å². The Bertz CT molecular complexity index is 953. The summed E-state index contributed by atoms with van der Waals surface area (Å²) in [6, 6.07) is 26.1. The maximum absolute atomic E-state index is 10.4. The highest BCUT2D eigenvalue weighted by Crippen LogP contribution is 2.64. The van der Waals surface area contributed by atoms with Crippen molar-refractivity contribution in [2.75, 3.05) is 0 Å². The fourth-order valence-electron chi connectivity index (χ4n) is 1.57. The van der Waals surface area contributed by atoms with Gasteiger partial charge in [0.1, 0.15) is 17.2 Å². The Hall–Kier alpha value is -2.53. The van der Waals surface area contributed by atoms with Crippen LogP contribution in [0.15, 0.2) is 91.0 Å². The van der Waals surface area contributed by atoms with Crippen LogP contribution < -0.4 is 0 Å². The summed E-state index contributed by atoms with van der Waals surface area (Å²) in [7, 11) is -16.2. The molecule has 0 bridgehead atoms. The van der Waals surface area contributed by atoms with E-state index in [2.05, 4.69) is 8.62 Å². The lowest BCUT2D eigenvalue weighted by atomic mass is 10.3. The van der Waals surface area contributed by atoms with Gasteiger partial charge in [0, 0.05) is 0 Å². The van der Waals surface area contributed by atoms with Gasteiger partial charge in [-0.05, 0) is 36.4 Å². The third-order valence-electron chi connectivity index (χ3n) is 2.69. The van der Waals surface area contributed by atoms with Crippen LogP contribution >= 0.6 is 23.5 Å². The second kappa shape index (κ2) is 15.4. The molecule has 16 heteroatoms. The zero-order valence-corrected chi connectivity index (χ0v) is 19.8. The molecule has 0 spiro atoms. The molecule has 0 fully saturated rings. The molecule has 3 aromatic rings. The van der Waals surface area contributed by atoms with Gasteiger partial charge in [-0.25, -0.2) is 13.7 Å². The Morgan fingerprint density at radius 2 is 0.647 bits per heavy atom. The molecule has 3 rings (SSSR count). The van der Waals surface area contributed by atoms with E-state index >= 15 is 0 Å². The number of hydrogen-bond acceptors (Lipinski definition) is 8. The first kappa shape index (κ1) is 31.5. The zero-order chi connectivity index (χ0) is 26.3. The van der Waals surface area contributed by atoms with Gasteiger partial charge in [0.15, 0.2) is 0 Å². The number of rotatable bonds is 4. The number of benzene rings is 3. The van der Waals surface area contributed by atoms with Crippen LogP contribution in [-0.4, -0.2) is 39.8 Å². The number of hydrogen-bond donors (Lipinski definition) is 8. The molecule has 0 heterocycles. The normalized spacial score (nSPS) is 10.9. The number of phenolic OH excluding ortho intramolecular Hbond substituents is 3. The minimum Gasteiger partial charge on any atom is -0.508 e. The Balaban J connectivity index is 0.000000445. The van der Waals surface area contributed by atoms with E-state index in [1.165, 1.54) is 0 Å². The topological polar surface area (TPSA) is 232 Å². The summed E-state index contributed by atoms with van der Waals surface area (Å²) in [6.07, 6.45) is 0. The van der Waals surface area contributed by atoms with Gasteiger partial charge < -0.3 is 39.8 Å². The standard InChI is InChI=1S/3C6H6O.H5O10P3/c3*7-6-4-2-1-3-5-6;1-11(2,3)9-13(7,8)10-12(4,5)6/h3*1-5,7H;(H,7,8)(H2,1,2,3)(H2,4,5,6). The summed E-state index contributed by atoms with van der Waals surface area (Å²) in [5, 5.41) is 25.9. The molecule has 3 aromatic carbocycles. The molecule has 0 saturated carbocycles. The minimum atomic E-state index is -5.46. The van der Waals surface area contributed by atoms with E-state index < -0.39 is 23.5 Å². The third kappa shape index (κ3) is 21.3. The van der Waals surface area contributed by atoms with Crippen LogP contribution in [0.3, 0.4) is 0 Å². The van der Waals surface area contributed by atoms with Crippen LogP contribution in [0.25, 0.3) is 0 Å². The average Bonchev–Trinajstić information content (AvgIpc) is 2.67. The smallest absolute Gasteiger partial charge is 0.490 e. The van der Waals surface area contributed by atoms with Crippen LogP contribution in [0.2, 0.25) is 0 Å². The highest BCUT2D eigenvalue weighted by molar-refractivity contribution is 7.66. The summed E-state index contributed by atoms with van der Waals surface area (Å²) < 4.78 is 36.4. The first-order valence-electron chi connectivity index (χ1n) is 8.68. The summed E-state index contributed by atoms with van der Waals surface area (Å²) in [5.74, 6) is 0.965. The second-order valence-corrected chi connectivity index (χ2v) is 9.83. The second-order valence-electron chi connectivity index (χ2n) is 5.62. The molecule has 34 heavy (non-hydrogen) atoms. The molecular formula is C18H23O13P3. The molecule has 188 valence electrons. The first-order chi connectivity index (χ1) is 15.6. The largest absolute Gasteiger partial charge is 0.508 e. The van der Waals surface area contributed by atoms with E-state index in [0.29, 0.717) is 17.2 Å². The summed E-state index contributed by atoms with van der Waals surface area (Å²) in [6.45, 7) is 0.